The fourth-order valence-corrected chi connectivity index (χ4v) is 4.37. The quantitative estimate of drug-likeness (QED) is 0.548. The van der Waals surface area contributed by atoms with Crippen molar-refractivity contribution in [3.05, 3.63) is 77.4 Å². The molecule has 0 saturated heterocycles. The first-order chi connectivity index (χ1) is 16.3. The largest absolute Gasteiger partial charge is 0.354 e. The number of aryl methyl sites for hydroxylation is 1. The van der Waals surface area contributed by atoms with Gasteiger partial charge in [0.05, 0.1) is 5.69 Å². The Morgan fingerprint density at radius 3 is 2.38 bits per heavy atom. The highest BCUT2D eigenvalue weighted by molar-refractivity contribution is 6.26. The second-order valence-electron chi connectivity index (χ2n) is 9.34. The monoisotopic (exact) mass is 457 g/mol. The molecule has 0 aliphatic carbocycles. The standard InChI is InChI=1S/C28H31N3O3/c1-18(2)15-29-27(33)20(4)30(16-22-10-6-5-9-19(22)3)25(32)17-31-24-14-8-12-21-11-7-13-23(26(21)24)28(31)34/h5-14,18,20H,15-17H2,1-4H3,(H,29,33)/t20-/m1/s1. The molecule has 3 amide bonds. The Morgan fingerprint density at radius 2 is 1.68 bits per heavy atom. The normalized spacial score (nSPS) is 13.4. The number of hydrogen-bond donors (Lipinski definition) is 1. The van der Waals surface area contributed by atoms with Gasteiger partial charge in [0.2, 0.25) is 11.8 Å². The van der Waals surface area contributed by atoms with Crippen molar-refractivity contribution in [1.29, 1.82) is 0 Å². The van der Waals surface area contributed by atoms with Crippen molar-refractivity contribution in [2.45, 2.75) is 40.3 Å². The topological polar surface area (TPSA) is 69.7 Å². The van der Waals surface area contributed by atoms with Crippen LogP contribution in [0.3, 0.4) is 0 Å². The molecule has 0 unspecified atom stereocenters. The van der Waals surface area contributed by atoms with Gasteiger partial charge < -0.3 is 10.2 Å². The van der Waals surface area contributed by atoms with E-state index in [0.717, 1.165) is 27.6 Å². The lowest BCUT2D eigenvalue weighted by Gasteiger charge is -2.31. The van der Waals surface area contributed by atoms with Crippen LogP contribution in [0.1, 0.15) is 42.3 Å². The minimum atomic E-state index is -0.679. The van der Waals surface area contributed by atoms with E-state index < -0.39 is 6.04 Å². The number of benzene rings is 3. The Morgan fingerprint density at radius 1 is 0.971 bits per heavy atom. The highest BCUT2D eigenvalue weighted by atomic mass is 16.2. The number of nitrogens with one attached hydrogen (secondary N) is 1. The smallest absolute Gasteiger partial charge is 0.259 e. The molecule has 176 valence electrons. The molecule has 34 heavy (non-hydrogen) atoms. The number of amides is 3. The van der Waals surface area contributed by atoms with Gasteiger partial charge in [0.25, 0.3) is 5.91 Å². The van der Waals surface area contributed by atoms with Crippen LogP contribution in [-0.4, -0.2) is 41.8 Å². The molecule has 1 heterocycles. The van der Waals surface area contributed by atoms with Crippen molar-refractivity contribution < 1.29 is 14.4 Å². The van der Waals surface area contributed by atoms with E-state index in [1.165, 1.54) is 4.90 Å². The van der Waals surface area contributed by atoms with Crippen molar-refractivity contribution >= 4 is 34.2 Å². The Kier molecular flexibility index (Phi) is 6.68. The zero-order chi connectivity index (χ0) is 24.4. The number of nitrogens with zero attached hydrogens (tertiary/aromatic N) is 2. The van der Waals surface area contributed by atoms with E-state index in [0.29, 0.717) is 24.6 Å². The lowest BCUT2D eigenvalue weighted by atomic mass is 10.1. The Hall–Kier alpha value is -3.67. The average molecular weight is 458 g/mol. The lowest BCUT2D eigenvalue weighted by molar-refractivity contribution is -0.139. The van der Waals surface area contributed by atoms with E-state index in [-0.39, 0.29) is 24.3 Å². The maximum absolute atomic E-state index is 13.7. The van der Waals surface area contributed by atoms with E-state index in [1.54, 1.807) is 17.9 Å². The minimum absolute atomic E-state index is 0.125. The van der Waals surface area contributed by atoms with E-state index in [1.807, 2.05) is 75.4 Å². The number of anilines is 1. The van der Waals surface area contributed by atoms with Crippen molar-refractivity contribution in [2.24, 2.45) is 5.92 Å². The molecule has 6 nitrogen and oxygen atoms in total. The molecule has 0 spiro atoms. The molecule has 0 bridgehead atoms. The van der Waals surface area contributed by atoms with Crippen molar-refractivity contribution in [1.82, 2.24) is 10.2 Å². The summed E-state index contributed by atoms with van der Waals surface area (Å²) in [6.45, 7) is 8.49. The van der Waals surface area contributed by atoms with Crippen LogP contribution >= 0.6 is 0 Å². The van der Waals surface area contributed by atoms with E-state index in [4.69, 9.17) is 0 Å². The molecule has 6 heteroatoms. The van der Waals surface area contributed by atoms with Crippen LogP contribution in [0.25, 0.3) is 10.8 Å². The molecule has 0 saturated carbocycles. The second-order valence-corrected chi connectivity index (χ2v) is 9.34. The molecule has 4 rings (SSSR count). The van der Waals surface area contributed by atoms with Gasteiger partial charge in [0, 0.05) is 24.0 Å². The van der Waals surface area contributed by atoms with Crippen molar-refractivity contribution in [3.63, 3.8) is 0 Å². The van der Waals surface area contributed by atoms with Gasteiger partial charge in [-0.25, -0.2) is 0 Å². The molecule has 3 aromatic carbocycles. The summed E-state index contributed by atoms with van der Waals surface area (Å²) < 4.78 is 0. The first-order valence-corrected chi connectivity index (χ1v) is 11.7. The van der Waals surface area contributed by atoms with Crippen molar-refractivity contribution in [2.75, 3.05) is 18.0 Å². The average Bonchev–Trinajstić information content (AvgIpc) is 3.09. The summed E-state index contributed by atoms with van der Waals surface area (Å²) in [5.74, 6) is -0.354. The Balaban J connectivity index is 1.62. The predicted octanol–water partition coefficient (Wildman–Crippen LogP) is 4.30. The van der Waals surface area contributed by atoms with E-state index in [2.05, 4.69) is 5.32 Å². The van der Waals surface area contributed by atoms with Gasteiger partial charge in [0.15, 0.2) is 0 Å². The van der Waals surface area contributed by atoms with Crippen LogP contribution < -0.4 is 10.2 Å². The highest BCUT2D eigenvalue weighted by Crippen LogP contribution is 2.37. The lowest BCUT2D eigenvalue weighted by Crippen LogP contribution is -2.51. The SMILES string of the molecule is Cc1ccccc1CN(C(=O)CN1C(=O)c2cccc3cccc1c23)[C@H](C)C(=O)NCC(C)C. The number of carbonyl (C=O) groups excluding carboxylic acids is 3. The third-order valence-electron chi connectivity index (χ3n) is 6.40. The molecule has 1 N–H and O–H groups in total. The van der Waals surface area contributed by atoms with Crippen LogP contribution in [0.4, 0.5) is 5.69 Å². The molecule has 1 atom stereocenters. The fourth-order valence-electron chi connectivity index (χ4n) is 4.37. The minimum Gasteiger partial charge on any atom is -0.354 e. The molecular weight excluding hydrogens is 426 g/mol. The zero-order valence-electron chi connectivity index (χ0n) is 20.2. The highest BCUT2D eigenvalue weighted by Gasteiger charge is 2.34. The van der Waals surface area contributed by atoms with Crippen LogP contribution in [0.15, 0.2) is 60.7 Å². The van der Waals surface area contributed by atoms with Gasteiger partial charge >= 0.3 is 0 Å². The zero-order valence-corrected chi connectivity index (χ0v) is 20.2. The third kappa shape index (κ3) is 4.53. The maximum atomic E-state index is 13.7. The molecule has 3 aromatic rings. The molecule has 0 aromatic heterocycles. The predicted molar refractivity (Wildman–Crippen MR) is 135 cm³/mol. The molecule has 1 aliphatic heterocycles. The summed E-state index contributed by atoms with van der Waals surface area (Å²) in [5.41, 5.74) is 3.36. The number of rotatable bonds is 8. The Labute approximate surface area is 200 Å². The fraction of sp³-hybridized carbons (Fsp3) is 0.321. The van der Waals surface area contributed by atoms with E-state index in [9.17, 15) is 14.4 Å². The van der Waals surface area contributed by atoms with Crippen LogP contribution in [0.2, 0.25) is 0 Å². The third-order valence-corrected chi connectivity index (χ3v) is 6.40. The summed E-state index contributed by atoms with van der Waals surface area (Å²) in [6.07, 6.45) is 0. The molecular formula is C28H31N3O3. The van der Waals surface area contributed by atoms with Gasteiger partial charge in [-0.05, 0) is 48.4 Å². The van der Waals surface area contributed by atoms with E-state index >= 15 is 0 Å². The Bertz CT molecular complexity index is 1250. The molecule has 1 aliphatic rings. The number of carbonyl (C=O) groups is 3. The van der Waals surface area contributed by atoms with Gasteiger partial charge in [-0.15, -0.1) is 0 Å². The first kappa shape index (κ1) is 23.5. The van der Waals surface area contributed by atoms with Gasteiger partial charge in [-0.3, -0.25) is 19.3 Å². The number of hydrogen-bond acceptors (Lipinski definition) is 3. The maximum Gasteiger partial charge on any atom is 0.259 e. The summed E-state index contributed by atoms with van der Waals surface area (Å²) in [4.78, 5) is 42.9. The van der Waals surface area contributed by atoms with Gasteiger partial charge in [-0.1, -0.05) is 62.4 Å². The summed E-state index contributed by atoms with van der Waals surface area (Å²) >= 11 is 0. The van der Waals surface area contributed by atoms with Gasteiger partial charge in [0.1, 0.15) is 12.6 Å². The summed E-state index contributed by atoms with van der Waals surface area (Å²) in [5, 5.41) is 4.78. The summed E-state index contributed by atoms with van der Waals surface area (Å²) in [7, 11) is 0. The van der Waals surface area contributed by atoms with Crippen LogP contribution in [0, 0.1) is 12.8 Å². The van der Waals surface area contributed by atoms with Gasteiger partial charge in [-0.2, -0.15) is 0 Å². The van der Waals surface area contributed by atoms with Crippen LogP contribution in [0.5, 0.6) is 0 Å². The van der Waals surface area contributed by atoms with Crippen LogP contribution in [-0.2, 0) is 16.1 Å². The molecule has 0 fully saturated rings. The summed E-state index contributed by atoms with van der Waals surface area (Å²) in [6, 6.07) is 18.5. The van der Waals surface area contributed by atoms with Crippen molar-refractivity contribution in [3.8, 4) is 0 Å². The molecule has 0 radical (unpaired) electrons. The second kappa shape index (κ2) is 9.67. The first-order valence-electron chi connectivity index (χ1n) is 11.7.